The highest BCUT2D eigenvalue weighted by Gasteiger charge is 2.31. The molecule has 0 radical (unpaired) electrons. The molecule has 2 saturated carbocycles. The number of pyridine rings is 1. The molecule has 5 heteroatoms. The van der Waals surface area contributed by atoms with Crippen LogP contribution in [0.15, 0.2) is 36.7 Å². The lowest BCUT2D eigenvalue weighted by atomic mass is 9.82. The van der Waals surface area contributed by atoms with Gasteiger partial charge in [0, 0.05) is 18.9 Å². The first-order valence-corrected chi connectivity index (χ1v) is 13.0. The maximum Gasteiger partial charge on any atom is 0.0763 e. The minimum Gasteiger partial charge on any atom is -0.376 e. The third kappa shape index (κ3) is 4.98. The normalized spacial score (nSPS) is 23.1. The van der Waals surface area contributed by atoms with Crippen molar-refractivity contribution in [1.29, 1.82) is 0 Å². The van der Waals surface area contributed by atoms with Crippen molar-refractivity contribution < 1.29 is 4.74 Å². The van der Waals surface area contributed by atoms with Crippen molar-refractivity contribution in [3.8, 4) is 0 Å². The fourth-order valence-electron chi connectivity index (χ4n) is 6.03. The molecule has 0 spiro atoms. The quantitative estimate of drug-likeness (QED) is 0.518. The lowest BCUT2D eigenvalue weighted by Gasteiger charge is -2.28. The van der Waals surface area contributed by atoms with E-state index < -0.39 is 0 Å². The molecule has 0 bridgehead atoms. The van der Waals surface area contributed by atoms with Gasteiger partial charge in [-0.05, 0) is 79.3 Å². The topological polar surface area (TPSA) is 46.2 Å². The third-order valence-corrected chi connectivity index (χ3v) is 8.10. The molecule has 1 aromatic carbocycles. The minimum absolute atomic E-state index is 0.0365. The van der Waals surface area contributed by atoms with Crippen molar-refractivity contribution in [1.82, 2.24) is 10.3 Å². The van der Waals surface area contributed by atoms with Gasteiger partial charge in [-0.2, -0.15) is 0 Å². The highest BCUT2D eigenvalue weighted by Crippen LogP contribution is 2.43. The van der Waals surface area contributed by atoms with Crippen molar-refractivity contribution in [3.63, 3.8) is 0 Å². The van der Waals surface area contributed by atoms with E-state index in [0.29, 0.717) is 18.6 Å². The van der Waals surface area contributed by atoms with Crippen LogP contribution < -0.4 is 10.6 Å². The Kier molecular flexibility index (Phi) is 7.31. The van der Waals surface area contributed by atoms with Crippen molar-refractivity contribution in [2.45, 2.75) is 75.9 Å². The van der Waals surface area contributed by atoms with E-state index in [2.05, 4.69) is 33.8 Å². The van der Waals surface area contributed by atoms with Crippen LogP contribution >= 0.6 is 11.6 Å². The van der Waals surface area contributed by atoms with Crippen LogP contribution in [-0.4, -0.2) is 30.8 Å². The Morgan fingerprint density at radius 1 is 1.09 bits per heavy atom. The fraction of sp³-hybridized carbons (Fsp3) is 0.593. The zero-order chi connectivity index (χ0) is 21.8. The van der Waals surface area contributed by atoms with E-state index in [-0.39, 0.29) is 6.04 Å². The summed E-state index contributed by atoms with van der Waals surface area (Å²) in [4.78, 5) is 4.38. The Bertz CT molecular complexity index is 878. The molecule has 1 aliphatic heterocycles. The highest BCUT2D eigenvalue weighted by atomic mass is 35.5. The molecule has 2 unspecified atom stereocenters. The number of nitrogens with zero attached hydrogens (tertiary/aromatic N) is 1. The average molecular weight is 454 g/mol. The van der Waals surface area contributed by atoms with E-state index in [1.807, 2.05) is 18.5 Å². The summed E-state index contributed by atoms with van der Waals surface area (Å²) in [5.41, 5.74) is 5.14. The predicted octanol–water partition coefficient (Wildman–Crippen LogP) is 6.27. The standard InChI is InChI=1S/C27H36ClN3O/c28-25-12-11-22-23(13-15-30-17-24(22)19-6-1-2-7-19)27(25)31-26(20-8-5-14-29-16-20)18-32-21-9-3-4-10-21/h5,8,11-12,14,16,19,21,24,26,30-31H,1-4,6-7,9-10,13,15,17-18H2. The molecule has 5 rings (SSSR count). The van der Waals surface area contributed by atoms with E-state index in [1.54, 1.807) is 0 Å². The summed E-state index contributed by atoms with van der Waals surface area (Å²) in [6.07, 6.45) is 15.5. The monoisotopic (exact) mass is 453 g/mol. The number of hydrogen-bond acceptors (Lipinski definition) is 4. The predicted molar refractivity (Wildman–Crippen MR) is 132 cm³/mol. The number of fused-ring (bicyclic) bond motifs is 1. The fourth-order valence-corrected chi connectivity index (χ4v) is 6.27. The van der Waals surface area contributed by atoms with Crippen LogP contribution in [0.25, 0.3) is 0 Å². The van der Waals surface area contributed by atoms with Gasteiger partial charge in [-0.25, -0.2) is 0 Å². The van der Waals surface area contributed by atoms with Gasteiger partial charge in [-0.15, -0.1) is 0 Å². The van der Waals surface area contributed by atoms with Crippen LogP contribution in [0.4, 0.5) is 5.69 Å². The van der Waals surface area contributed by atoms with Crippen LogP contribution in [-0.2, 0) is 11.2 Å². The van der Waals surface area contributed by atoms with Gasteiger partial charge in [0.1, 0.15) is 0 Å². The summed E-state index contributed by atoms with van der Waals surface area (Å²) < 4.78 is 6.36. The Hall–Kier alpha value is -1.62. The van der Waals surface area contributed by atoms with E-state index in [1.165, 1.54) is 62.5 Å². The molecule has 2 fully saturated rings. The summed E-state index contributed by atoms with van der Waals surface area (Å²) in [6, 6.07) is 8.59. The Labute approximate surface area is 197 Å². The molecular formula is C27H36ClN3O. The highest BCUT2D eigenvalue weighted by molar-refractivity contribution is 6.33. The molecule has 4 nitrogen and oxygen atoms in total. The Morgan fingerprint density at radius 3 is 2.69 bits per heavy atom. The van der Waals surface area contributed by atoms with Crippen molar-refractivity contribution in [3.05, 3.63) is 58.4 Å². The summed E-state index contributed by atoms with van der Waals surface area (Å²) in [5.74, 6) is 1.37. The number of benzene rings is 1. The number of nitrogens with one attached hydrogen (secondary N) is 2. The molecule has 0 saturated heterocycles. The van der Waals surface area contributed by atoms with Gasteiger partial charge < -0.3 is 15.4 Å². The van der Waals surface area contributed by atoms with Crippen molar-refractivity contribution in [2.24, 2.45) is 5.92 Å². The molecule has 1 aromatic heterocycles. The first-order valence-electron chi connectivity index (χ1n) is 12.6. The molecule has 2 aromatic rings. The van der Waals surface area contributed by atoms with Crippen LogP contribution in [0, 0.1) is 5.92 Å². The zero-order valence-electron chi connectivity index (χ0n) is 19.0. The molecule has 3 aliphatic rings. The van der Waals surface area contributed by atoms with E-state index in [9.17, 15) is 0 Å². The second-order valence-electron chi connectivity index (χ2n) is 9.82. The van der Waals surface area contributed by atoms with Crippen LogP contribution in [0.3, 0.4) is 0 Å². The third-order valence-electron chi connectivity index (χ3n) is 7.79. The van der Waals surface area contributed by atoms with Crippen molar-refractivity contribution >= 4 is 17.3 Å². The number of anilines is 1. The largest absolute Gasteiger partial charge is 0.376 e. The lowest BCUT2D eigenvalue weighted by molar-refractivity contribution is 0.0518. The summed E-state index contributed by atoms with van der Waals surface area (Å²) >= 11 is 6.84. The van der Waals surface area contributed by atoms with Crippen LogP contribution in [0.2, 0.25) is 5.02 Å². The minimum atomic E-state index is 0.0365. The number of ether oxygens (including phenoxy) is 1. The van der Waals surface area contributed by atoms with Gasteiger partial charge in [-0.1, -0.05) is 49.4 Å². The molecular weight excluding hydrogens is 418 g/mol. The molecule has 32 heavy (non-hydrogen) atoms. The molecule has 2 N–H and O–H groups in total. The molecule has 172 valence electrons. The van der Waals surface area contributed by atoms with Gasteiger partial charge in [0.2, 0.25) is 0 Å². The first kappa shape index (κ1) is 22.2. The summed E-state index contributed by atoms with van der Waals surface area (Å²) in [5, 5.41) is 8.35. The maximum atomic E-state index is 6.84. The molecule has 0 amide bonds. The maximum absolute atomic E-state index is 6.84. The summed E-state index contributed by atoms with van der Waals surface area (Å²) in [6.45, 7) is 2.72. The number of rotatable bonds is 7. The van der Waals surface area contributed by atoms with Gasteiger partial charge in [0.15, 0.2) is 0 Å². The van der Waals surface area contributed by atoms with Gasteiger partial charge in [0.05, 0.1) is 29.5 Å². The molecule has 2 atom stereocenters. The first-order chi connectivity index (χ1) is 15.8. The van der Waals surface area contributed by atoms with Crippen LogP contribution in [0.5, 0.6) is 0 Å². The second kappa shape index (κ2) is 10.5. The van der Waals surface area contributed by atoms with Crippen molar-refractivity contribution in [2.75, 3.05) is 25.0 Å². The SMILES string of the molecule is Clc1ccc2c(c1NC(COC1CCCC1)c1cccnc1)CCNCC2C1CCCC1. The number of hydrogen-bond donors (Lipinski definition) is 2. The number of aromatic nitrogens is 1. The van der Waals surface area contributed by atoms with E-state index in [0.717, 1.165) is 41.7 Å². The Morgan fingerprint density at radius 2 is 1.91 bits per heavy atom. The summed E-state index contributed by atoms with van der Waals surface area (Å²) in [7, 11) is 0. The molecule has 2 heterocycles. The van der Waals surface area contributed by atoms with Gasteiger partial charge >= 0.3 is 0 Å². The average Bonchev–Trinajstić information content (AvgIpc) is 3.50. The molecule has 2 aliphatic carbocycles. The number of halogens is 1. The smallest absolute Gasteiger partial charge is 0.0763 e. The lowest BCUT2D eigenvalue weighted by Crippen LogP contribution is -2.24. The Balaban J connectivity index is 1.44. The van der Waals surface area contributed by atoms with Gasteiger partial charge in [0.25, 0.3) is 0 Å². The second-order valence-corrected chi connectivity index (χ2v) is 10.2. The van der Waals surface area contributed by atoms with E-state index in [4.69, 9.17) is 16.3 Å². The van der Waals surface area contributed by atoms with Gasteiger partial charge in [-0.3, -0.25) is 4.98 Å². The zero-order valence-corrected chi connectivity index (χ0v) is 19.7. The van der Waals surface area contributed by atoms with E-state index >= 15 is 0 Å². The van der Waals surface area contributed by atoms with Crippen LogP contribution in [0.1, 0.15) is 80.0 Å².